The van der Waals surface area contributed by atoms with Crippen LogP contribution < -0.4 is 5.14 Å². The summed E-state index contributed by atoms with van der Waals surface area (Å²) in [6.45, 7) is -0.625. The van der Waals surface area contributed by atoms with Gasteiger partial charge in [0.05, 0.1) is 19.0 Å². The predicted octanol–water partition coefficient (Wildman–Crippen LogP) is -1.19. The second-order valence-corrected chi connectivity index (χ2v) is 4.76. The summed E-state index contributed by atoms with van der Waals surface area (Å²) >= 11 is 0. The third kappa shape index (κ3) is 3.50. The molecule has 0 aliphatic carbocycles. The lowest BCUT2D eigenvalue weighted by atomic mass is 10.3. The number of hydrogen-bond donors (Lipinski definition) is 2. The molecule has 1 atom stereocenters. The highest BCUT2D eigenvalue weighted by Gasteiger charge is 2.22. The number of sulfonamides is 1. The number of aliphatic hydroxyl groups is 1. The molecule has 0 saturated carbocycles. The molecule has 0 aromatic carbocycles. The normalized spacial score (nSPS) is 13.8. The molecule has 0 radical (unpaired) electrons. The van der Waals surface area contributed by atoms with Crippen LogP contribution in [-0.4, -0.2) is 35.3 Å². The summed E-state index contributed by atoms with van der Waals surface area (Å²) in [6.07, 6.45) is 1.69. The molecule has 84 valence electrons. The average Bonchev–Trinajstić information content (AvgIpc) is 2.15. The van der Waals surface area contributed by atoms with Crippen LogP contribution in [-0.2, 0) is 16.4 Å². The van der Waals surface area contributed by atoms with E-state index in [2.05, 4.69) is 9.97 Å². The second-order valence-electron chi connectivity index (χ2n) is 2.92. The molecule has 15 heavy (non-hydrogen) atoms. The summed E-state index contributed by atoms with van der Waals surface area (Å²) in [5.41, 5.74) is 0. The summed E-state index contributed by atoms with van der Waals surface area (Å²) in [7, 11) is -3.85. The van der Waals surface area contributed by atoms with Crippen LogP contribution in [0.4, 0.5) is 4.39 Å². The number of rotatable bonds is 4. The highest BCUT2D eigenvalue weighted by molar-refractivity contribution is 7.89. The summed E-state index contributed by atoms with van der Waals surface area (Å²) in [5, 5.41) is 12.5. The van der Waals surface area contributed by atoms with E-state index in [1.807, 2.05) is 0 Å². The van der Waals surface area contributed by atoms with Crippen molar-refractivity contribution < 1.29 is 17.9 Å². The van der Waals surface area contributed by atoms with Crippen molar-refractivity contribution in [1.82, 2.24) is 9.97 Å². The molecule has 1 aromatic heterocycles. The summed E-state index contributed by atoms with van der Waals surface area (Å²) in [4.78, 5) is 7.12. The van der Waals surface area contributed by atoms with Crippen LogP contribution in [0.3, 0.4) is 0 Å². The van der Waals surface area contributed by atoms with Crippen LogP contribution in [0.5, 0.6) is 0 Å². The van der Waals surface area contributed by atoms with Crippen LogP contribution >= 0.6 is 0 Å². The minimum atomic E-state index is -3.85. The molecular weight excluding hydrogens is 225 g/mol. The van der Waals surface area contributed by atoms with Gasteiger partial charge >= 0.3 is 0 Å². The van der Waals surface area contributed by atoms with Gasteiger partial charge < -0.3 is 5.11 Å². The Balaban J connectivity index is 2.80. The quantitative estimate of drug-likeness (QED) is 0.682. The lowest BCUT2D eigenvalue weighted by Crippen LogP contribution is -2.34. The minimum absolute atomic E-state index is 0.115. The van der Waals surface area contributed by atoms with E-state index >= 15 is 0 Å². The van der Waals surface area contributed by atoms with E-state index < -0.39 is 27.7 Å². The molecule has 0 saturated heterocycles. The zero-order valence-electron chi connectivity index (χ0n) is 7.67. The molecule has 0 spiro atoms. The molecule has 1 aromatic rings. The lowest BCUT2D eigenvalue weighted by Gasteiger charge is -2.09. The number of aliphatic hydroxyl groups excluding tert-OH is 1. The topological polar surface area (TPSA) is 106 Å². The van der Waals surface area contributed by atoms with Gasteiger partial charge in [-0.05, 0) is 0 Å². The standard InChI is InChI=1S/C7H10FN3O3S/c8-5-2-10-7(11-3-5)1-6(4-12)15(9,13)14/h2-3,6,12H,1,4H2,(H2,9,13,14). The van der Waals surface area contributed by atoms with Gasteiger partial charge in [-0.15, -0.1) is 0 Å². The maximum Gasteiger partial charge on any atom is 0.214 e. The highest BCUT2D eigenvalue weighted by atomic mass is 32.2. The van der Waals surface area contributed by atoms with Gasteiger partial charge in [0.2, 0.25) is 10.0 Å². The van der Waals surface area contributed by atoms with Crippen LogP contribution in [0.1, 0.15) is 5.82 Å². The molecule has 0 aliphatic rings. The molecule has 0 amide bonds. The van der Waals surface area contributed by atoms with Gasteiger partial charge in [0.15, 0.2) is 5.82 Å². The van der Waals surface area contributed by atoms with Gasteiger partial charge in [-0.25, -0.2) is 27.9 Å². The van der Waals surface area contributed by atoms with Gasteiger partial charge in [0.25, 0.3) is 0 Å². The molecule has 0 aliphatic heterocycles. The van der Waals surface area contributed by atoms with E-state index in [-0.39, 0.29) is 12.2 Å². The summed E-state index contributed by atoms with van der Waals surface area (Å²) < 4.78 is 34.3. The molecule has 6 nitrogen and oxygen atoms in total. The van der Waals surface area contributed by atoms with Crippen molar-refractivity contribution >= 4 is 10.0 Å². The van der Waals surface area contributed by atoms with Crippen molar-refractivity contribution in [3.05, 3.63) is 24.0 Å². The smallest absolute Gasteiger partial charge is 0.214 e. The van der Waals surface area contributed by atoms with Crippen molar-refractivity contribution in [2.45, 2.75) is 11.7 Å². The molecule has 1 rings (SSSR count). The van der Waals surface area contributed by atoms with Gasteiger partial charge in [-0.3, -0.25) is 0 Å². The highest BCUT2D eigenvalue weighted by Crippen LogP contribution is 2.03. The van der Waals surface area contributed by atoms with Crippen LogP contribution in [0.25, 0.3) is 0 Å². The second kappa shape index (κ2) is 4.60. The summed E-state index contributed by atoms with van der Waals surface area (Å²) in [5.74, 6) is -0.501. The van der Waals surface area contributed by atoms with Crippen LogP contribution in [0, 0.1) is 5.82 Å². The van der Waals surface area contributed by atoms with Gasteiger partial charge in [-0.2, -0.15) is 0 Å². The Morgan fingerprint density at radius 3 is 2.40 bits per heavy atom. The SMILES string of the molecule is NS(=O)(=O)C(CO)Cc1ncc(F)cn1. The Labute approximate surface area is 86.0 Å². The van der Waals surface area contributed by atoms with E-state index in [1.54, 1.807) is 0 Å². The number of primary sulfonamides is 1. The van der Waals surface area contributed by atoms with Crippen molar-refractivity contribution in [2.75, 3.05) is 6.61 Å². The Bertz CT molecular complexity index is 420. The summed E-state index contributed by atoms with van der Waals surface area (Å²) in [6, 6.07) is 0. The maximum absolute atomic E-state index is 12.4. The fourth-order valence-electron chi connectivity index (χ4n) is 0.933. The molecule has 8 heteroatoms. The largest absolute Gasteiger partial charge is 0.395 e. The number of hydrogen-bond acceptors (Lipinski definition) is 5. The van der Waals surface area contributed by atoms with Crippen LogP contribution in [0.15, 0.2) is 12.4 Å². The molecule has 1 unspecified atom stereocenters. The lowest BCUT2D eigenvalue weighted by molar-refractivity contribution is 0.288. The van der Waals surface area contributed by atoms with Crippen molar-refractivity contribution in [3.63, 3.8) is 0 Å². The van der Waals surface area contributed by atoms with Crippen molar-refractivity contribution in [2.24, 2.45) is 5.14 Å². The molecule has 1 heterocycles. The van der Waals surface area contributed by atoms with E-state index in [4.69, 9.17) is 10.2 Å². The average molecular weight is 235 g/mol. The first-order valence-electron chi connectivity index (χ1n) is 4.02. The van der Waals surface area contributed by atoms with E-state index in [0.29, 0.717) is 0 Å². The minimum Gasteiger partial charge on any atom is -0.395 e. The predicted molar refractivity (Wildman–Crippen MR) is 49.7 cm³/mol. The molecule has 0 fully saturated rings. The fraction of sp³-hybridized carbons (Fsp3) is 0.429. The van der Waals surface area contributed by atoms with Gasteiger partial charge in [-0.1, -0.05) is 0 Å². The van der Waals surface area contributed by atoms with E-state index in [1.165, 1.54) is 0 Å². The zero-order valence-corrected chi connectivity index (χ0v) is 8.48. The maximum atomic E-state index is 12.4. The number of aromatic nitrogens is 2. The van der Waals surface area contributed by atoms with E-state index in [9.17, 15) is 12.8 Å². The monoisotopic (exact) mass is 235 g/mol. The molecule has 3 N–H and O–H groups in total. The van der Waals surface area contributed by atoms with Crippen LogP contribution in [0.2, 0.25) is 0 Å². The fourth-order valence-corrected chi connectivity index (χ4v) is 1.52. The molecule has 0 bridgehead atoms. The first-order chi connectivity index (χ1) is 6.93. The molecular formula is C7H10FN3O3S. The Morgan fingerprint density at radius 1 is 1.47 bits per heavy atom. The third-order valence-corrected chi connectivity index (χ3v) is 3.00. The Hall–Kier alpha value is -1.12. The van der Waals surface area contributed by atoms with Gasteiger partial charge in [0.1, 0.15) is 11.1 Å². The van der Waals surface area contributed by atoms with Gasteiger partial charge in [0, 0.05) is 6.42 Å². The number of nitrogens with two attached hydrogens (primary N) is 1. The third-order valence-electron chi connectivity index (χ3n) is 1.75. The Morgan fingerprint density at radius 2 is 2.00 bits per heavy atom. The number of nitrogens with zero attached hydrogens (tertiary/aromatic N) is 2. The van der Waals surface area contributed by atoms with Crippen molar-refractivity contribution in [3.8, 4) is 0 Å². The Kier molecular flexibility index (Phi) is 3.66. The number of halogens is 1. The van der Waals surface area contributed by atoms with E-state index in [0.717, 1.165) is 12.4 Å². The zero-order chi connectivity index (χ0) is 11.5. The van der Waals surface area contributed by atoms with Crippen molar-refractivity contribution in [1.29, 1.82) is 0 Å². The first-order valence-corrected chi connectivity index (χ1v) is 5.63. The first kappa shape index (κ1) is 12.0.